The number of urea groups is 1. The third-order valence-electron chi connectivity index (χ3n) is 4.14. The zero-order valence-corrected chi connectivity index (χ0v) is 18.4. The zero-order chi connectivity index (χ0) is 19.3. The number of piperazine rings is 1. The van der Waals surface area contributed by atoms with Crippen LogP contribution in [0.1, 0.15) is 26.2 Å². The average Bonchev–Trinajstić information content (AvgIpc) is 2.57. The van der Waals surface area contributed by atoms with Crippen LogP contribution in [-0.4, -0.2) is 56.4 Å². The molecule has 1 aliphatic rings. The fourth-order valence-corrected chi connectivity index (χ4v) is 6.02. The van der Waals surface area contributed by atoms with Crippen molar-refractivity contribution in [2.45, 2.75) is 31.1 Å². The van der Waals surface area contributed by atoms with Crippen LogP contribution in [0.15, 0.2) is 21.5 Å². The van der Waals surface area contributed by atoms with E-state index in [0.717, 1.165) is 19.3 Å². The van der Waals surface area contributed by atoms with Gasteiger partial charge in [-0.15, -0.1) is 0 Å². The zero-order valence-electron chi connectivity index (χ0n) is 14.5. The molecule has 0 atom stereocenters. The van der Waals surface area contributed by atoms with Gasteiger partial charge in [0, 0.05) is 37.2 Å². The van der Waals surface area contributed by atoms with E-state index in [-0.39, 0.29) is 34.1 Å². The van der Waals surface area contributed by atoms with Crippen LogP contribution < -0.4 is 5.32 Å². The maximum absolute atomic E-state index is 12.9. The van der Waals surface area contributed by atoms with Crippen molar-refractivity contribution in [2.75, 3.05) is 32.7 Å². The smallest absolute Gasteiger partial charge is 0.317 e. The highest BCUT2D eigenvalue weighted by atomic mass is 79.9. The van der Waals surface area contributed by atoms with Crippen molar-refractivity contribution in [3.63, 3.8) is 0 Å². The van der Waals surface area contributed by atoms with Crippen molar-refractivity contribution in [3.05, 3.63) is 26.7 Å². The molecule has 1 aromatic carbocycles. The number of carbonyl (C=O) groups is 1. The molecule has 1 aromatic rings. The molecule has 0 aromatic heterocycles. The Morgan fingerprint density at radius 1 is 1.15 bits per heavy atom. The quantitative estimate of drug-likeness (QED) is 0.618. The summed E-state index contributed by atoms with van der Waals surface area (Å²) in [6, 6.07) is 2.85. The average molecular weight is 487 g/mol. The van der Waals surface area contributed by atoms with E-state index >= 15 is 0 Å². The number of nitrogens with one attached hydrogen (secondary N) is 1. The topological polar surface area (TPSA) is 69.7 Å². The lowest BCUT2D eigenvalue weighted by Crippen LogP contribution is -2.53. The summed E-state index contributed by atoms with van der Waals surface area (Å²) in [5, 5.41) is 3.01. The minimum atomic E-state index is -3.82. The van der Waals surface area contributed by atoms with E-state index in [1.54, 1.807) is 4.90 Å². The minimum absolute atomic E-state index is 0.0699. The molecule has 1 heterocycles. The second kappa shape index (κ2) is 9.59. The normalized spacial score (nSPS) is 15.9. The number of rotatable bonds is 6. The van der Waals surface area contributed by atoms with E-state index in [2.05, 4.69) is 28.2 Å². The fourth-order valence-electron chi connectivity index (χ4n) is 2.72. The van der Waals surface area contributed by atoms with Gasteiger partial charge in [0.1, 0.15) is 4.90 Å². The van der Waals surface area contributed by atoms with Crippen LogP contribution in [0.2, 0.25) is 10.0 Å². The monoisotopic (exact) mass is 485 g/mol. The SMILES string of the molecule is CCCCCNC(=O)N1CCN(S(=O)(=O)c2c(Cl)cc(Br)cc2Cl)CC1. The molecule has 146 valence electrons. The van der Waals surface area contributed by atoms with Crippen LogP contribution in [0.4, 0.5) is 4.79 Å². The molecule has 0 spiro atoms. The summed E-state index contributed by atoms with van der Waals surface area (Å²) in [4.78, 5) is 13.7. The third kappa shape index (κ3) is 5.25. The number of sulfonamides is 1. The maximum atomic E-state index is 12.9. The summed E-state index contributed by atoms with van der Waals surface area (Å²) < 4.78 is 27.7. The molecular weight excluding hydrogens is 465 g/mol. The molecule has 6 nitrogen and oxygen atoms in total. The van der Waals surface area contributed by atoms with Gasteiger partial charge >= 0.3 is 6.03 Å². The number of carbonyl (C=O) groups excluding carboxylic acids is 1. The Morgan fingerprint density at radius 3 is 2.27 bits per heavy atom. The number of hydrogen-bond donors (Lipinski definition) is 1. The molecule has 0 unspecified atom stereocenters. The van der Waals surface area contributed by atoms with Gasteiger partial charge < -0.3 is 10.2 Å². The number of nitrogens with zero attached hydrogens (tertiary/aromatic N) is 2. The Balaban J connectivity index is 2.00. The van der Waals surface area contributed by atoms with E-state index in [1.165, 1.54) is 16.4 Å². The van der Waals surface area contributed by atoms with Crippen LogP contribution in [-0.2, 0) is 10.0 Å². The first kappa shape index (κ1) is 21.8. The second-order valence-corrected chi connectivity index (χ2v) is 9.63. The molecule has 0 saturated carbocycles. The summed E-state index contributed by atoms with van der Waals surface area (Å²) in [5.41, 5.74) is 0. The number of benzene rings is 1. The number of hydrogen-bond acceptors (Lipinski definition) is 3. The molecule has 1 saturated heterocycles. The van der Waals surface area contributed by atoms with Crippen molar-refractivity contribution in [1.29, 1.82) is 0 Å². The van der Waals surface area contributed by atoms with Crippen molar-refractivity contribution >= 4 is 55.2 Å². The molecule has 0 bridgehead atoms. The minimum Gasteiger partial charge on any atom is -0.338 e. The molecule has 1 fully saturated rings. The van der Waals surface area contributed by atoms with Crippen LogP contribution >= 0.6 is 39.1 Å². The van der Waals surface area contributed by atoms with Gasteiger partial charge in [0.25, 0.3) is 0 Å². The standard InChI is InChI=1S/C16H22BrCl2N3O3S/c1-2-3-4-5-20-16(23)21-6-8-22(9-7-21)26(24,25)15-13(18)10-12(17)11-14(15)19/h10-11H,2-9H2,1H3,(H,20,23). The Hall–Kier alpha value is -0.540. The highest BCUT2D eigenvalue weighted by Gasteiger charge is 2.33. The van der Waals surface area contributed by atoms with Crippen molar-refractivity contribution < 1.29 is 13.2 Å². The highest BCUT2D eigenvalue weighted by molar-refractivity contribution is 9.10. The number of halogens is 3. The van der Waals surface area contributed by atoms with Crippen molar-refractivity contribution in [2.24, 2.45) is 0 Å². The summed E-state index contributed by atoms with van der Waals surface area (Å²) in [7, 11) is -3.82. The Labute approximate surface area is 173 Å². The molecule has 2 amide bonds. The Morgan fingerprint density at radius 2 is 1.73 bits per heavy atom. The molecule has 0 radical (unpaired) electrons. The van der Waals surface area contributed by atoms with Gasteiger partial charge in [-0.1, -0.05) is 58.9 Å². The maximum Gasteiger partial charge on any atom is 0.317 e. The number of amides is 2. The summed E-state index contributed by atoms with van der Waals surface area (Å²) in [6.07, 6.45) is 3.10. The summed E-state index contributed by atoms with van der Waals surface area (Å²) in [6.45, 7) is 3.79. The van der Waals surface area contributed by atoms with Crippen LogP contribution in [0.5, 0.6) is 0 Å². The lowest BCUT2D eigenvalue weighted by atomic mass is 10.2. The van der Waals surface area contributed by atoms with Gasteiger partial charge in [-0.3, -0.25) is 0 Å². The predicted molar refractivity (Wildman–Crippen MR) is 107 cm³/mol. The van der Waals surface area contributed by atoms with Crippen LogP contribution in [0.25, 0.3) is 0 Å². The second-order valence-electron chi connectivity index (χ2n) is 6.03. The van der Waals surface area contributed by atoms with Gasteiger partial charge in [-0.25, -0.2) is 13.2 Å². The molecule has 0 aliphatic carbocycles. The Bertz CT molecular complexity index is 730. The van der Waals surface area contributed by atoms with E-state index < -0.39 is 10.0 Å². The summed E-state index contributed by atoms with van der Waals surface area (Å²) >= 11 is 15.4. The molecule has 10 heteroatoms. The van der Waals surface area contributed by atoms with Gasteiger partial charge in [0.15, 0.2) is 0 Å². The van der Waals surface area contributed by atoms with Crippen LogP contribution in [0.3, 0.4) is 0 Å². The summed E-state index contributed by atoms with van der Waals surface area (Å²) in [5.74, 6) is 0. The van der Waals surface area contributed by atoms with Gasteiger partial charge in [0.2, 0.25) is 10.0 Å². The van der Waals surface area contributed by atoms with E-state index in [9.17, 15) is 13.2 Å². The molecule has 2 rings (SSSR count). The lowest BCUT2D eigenvalue weighted by molar-refractivity contribution is 0.172. The Kier molecular flexibility index (Phi) is 8.03. The third-order valence-corrected chi connectivity index (χ3v) is 7.42. The lowest BCUT2D eigenvalue weighted by Gasteiger charge is -2.34. The van der Waals surface area contributed by atoms with Gasteiger partial charge in [-0.05, 0) is 18.6 Å². The predicted octanol–water partition coefficient (Wildman–Crippen LogP) is 3.96. The molecule has 26 heavy (non-hydrogen) atoms. The number of unbranched alkanes of at least 4 members (excludes halogenated alkanes) is 2. The fraction of sp³-hybridized carbons (Fsp3) is 0.562. The highest BCUT2D eigenvalue weighted by Crippen LogP contribution is 2.35. The van der Waals surface area contributed by atoms with Crippen molar-refractivity contribution in [3.8, 4) is 0 Å². The van der Waals surface area contributed by atoms with Crippen LogP contribution in [0, 0.1) is 0 Å². The van der Waals surface area contributed by atoms with E-state index in [0.29, 0.717) is 24.1 Å². The first-order chi connectivity index (χ1) is 12.3. The van der Waals surface area contributed by atoms with Gasteiger partial charge in [0.05, 0.1) is 10.0 Å². The molecule has 1 aliphatic heterocycles. The first-order valence-electron chi connectivity index (χ1n) is 8.44. The molecule has 1 N–H and O–H groups in total. The van der Waals surface area contributed by atoms with Crippen molar-refractivity contribution in [1.82, 2.24) is 14.5 Å². The van der Waals surface area contributed by atoms with Gasteiger partial charge in [-0.2, -0.15) is 4.31 Å². The molecular formula is C16H22BrCl2N3O3S. The van der Waals surface area contributed by atoms with E-state index in [1.807, 2.05) is 0 Å². The first-order valence-corrected chi connectivity index (χ1v) is 11.4. The van der Waals surface area contributed by atoms with E-state index in [4.69, 9.17) is 23.2 Å². The largest absolute Gasteiger partial charge is 0.338 e.